The molecule has 1 fully saturated rings. The first-order chi connectivity index (χ1) is 17.4. The van der Waals surface area contributed by atoms with Crippen molar-refractivity contribution in [3.63, 3.8) is 0 Å². The number of nitrogens with zero attached hydrogens (tertiary/aromatic N) is 1. The molecule has 0 aromatic heterocycles. The van der Waals surface area contributed by atoms with Crippen molar-refractivity contribution in [2.45, 2.75) is 94.8 Å². The minimum absolute atomic E-state index is 0.0483. The lowest BCUT2D eigenvalue weighted by molar-refractivity contribution is -0.123. The van der Waals surface area contributed by atoms with Gasteiger partial charge in [0.1, 0.15) is 0 Å². The van der Waals surface area contributed by atoms with E-state index in [1.54, 1.807) is 0 Å². The number of amides is 1. The SMILES string of the molecule is CC(C)(C)NCc1ccc2c(c1)CCC[C@H]2NC(=O)C[C@@H]1CCCCN1S(=O)(=O)c1ccc(Cl)c(Cl)c1. The number of carbonyl (C=O) groups excluding carboxylic acids is 1. The predicted octanol–water partition coefficient (Wildman–Crippen LogP) is 6.01. The van der Waals surface area contributed by atoms with E-state index in [0.29, 0.717) is 18.0 Å². The molecule has 2 aromatic rings. The Labute approximate surface area is 231 Å². The van der Waals surface area contributed by atoms with E-state index in [4.69, 9.17) is 23.2 Å². The van der Waals surface area contributed by atoms with Gasteiger partial charge >= 0.3 is 0 Å². The molecule has 0 bridgehead atoms. The fraction of sp³-hybridized carbons (Fsp3) is 0.536. The number of carbonyl (C=O) groups is 1. The molecule has 37 heavy (non-hydrogen) atoms. The quantitative estimate of drug-likeness (QED) is 0.431. The molecule has 1 saturated heterocycles. The van der Waals surface area contributed by atoms with Crippen LogP contribution in [-0.4, -0.2) is 36.8 Å². The molecule has 1 heterocycles. The van der Waals surface area contributed by atoms with E-state index < -0.39 is 10.0 Å². The van der Waals surface area contributed by atoms with Gasteiger partial charge in [0, 0.05) is 31.1 Å². The first-order valence-electron chi connectivity index (χ1n) is 13.1. The first kappa shape index (κ1) is 28.4. The minimum Gasteiger partial charge on any atom is -0.349 e. The highest BCUT2D eigenvalue weighted by Gasteiger charge is 2.35. The fourth-order valence-corrected chi connectivity index (χ4v) is 7.31. The van der Waals surface area contributed by atoms with Crippen LogP contribution in [0.1, 0.15) is 82.0 Å². The Hall–Kier alpha value is -1.64. The molecule has 1 aliphatic heterocycles. The number of piperidine rings is 1. The van der Waals surface area contributed by atoms with Crippen LogP contribution < -0.4 is 10.6 Å². The van der Waals surface area contributed by atoms with Crippen LogP contribution in [-0.2, 0) is 27.8 Å². The molecule has 6 nitrogen and oxygen atoms in total. The third-order valence-electron chi connectivity index (χ3n) is 7.17. The molecule has 202 valence electrons. The van der Waals surface area contributed by atoms with Crippen LogP contribution in [0, 0.1) is 0 Å². The lowest BCUT2D eigenvalue weighted by atomic mass is 9.86. The molecule has 2 aliphatic rings. The Morgan fingerprint density at radius 1 is 1.03 bits per heavy atom. The van der Waals surface area contributed by atoms with Crippen LogP contribution in [0.15, 0.2) is 41.3 Å². The monoisotopic (exact) mass is 565 g/mol. The normalized spacial score (nSPS) is 20.9. The Bertz CT molecular complexity index is 1240. The van der Waals surface area contributed by atoms with Gasteiger partial charge in [-0.3, -0.25) is 4.79 Å². The number of halogens is 2. The van der Waals surface area contributed by atoms with Crippen molar-refractivity contribution in [2.75, 3.05) is 6.54 Å². The Morgan fingerprint density at radius 3 is 2.54 bits per heavy atom. The van der Waals surface area contributed by atoms with Gasteiger partial charge in [-0.1, -0.05) is 47.8 Å². The molecule has 0 spiro atoms. The molecule has 2 aromatic carbocycles. The smallest absolute Gasteiger partial charge is 0.243 e. The zero-order chi connectivity index (χ0) is 26.8. The van der Waals surface area contributed by atoms with Crippen molar-refractivity contribution in [3.05, 3.63) is 63.1 Å². The number of rotatable bonds is 7. The Kier molecular flexibility index (Phi) is 8.91. The summed E-state index contributed by atoms with van der Waals surface area (Å²) >= 11 is 12.1. The average molecular weight is 567 g/mol. The highest BCUT2D eigenvalue weighted by atomic mass is 35.5. The van der Waals surface area contributed by atoms with Gasteiger partial charge in [-0.2, -0.15) is 4.31 Å². The lowest BCUT2D eigenvalue weighted by Gasteiger charge is -2.35. The zero-order valence-corrected chi connectivity index (χ0v) is 24.1. The average Bonchev–Trinajstić information content (AvgIpc) is 2.84. The van der Waals surface area contributed by atoms with Crippen LogP contribution >= 0.6 is 23.2 Å². The number of nitrogens with one attached hydrogen (secondary N) is 2. The summed E-state index contributed by atoms with van der Waals surface area (Å²) in [6.45, 7) is 7.65. The maximum atomic E-state index is 13.4. The van der Waals surface area contributed by atoms with Gasteiger partial charge in [0.15, 0.2) is 0 Å². The predicted molar refractivity (Wildman–Crippen MR) is 149 cm³/mol. The van der Waals surface area contributed by atoms with Gasteiger partial charge < -0.3 is 10.6 Å². The van der Waals surface area contributed by atoms with Crippen molar-refractivity contribution in [3.8, 4) is 0 Å². The van der Waals surface area contributed by atoms with Crippen LogP contribution in [0.2, 0.25) is 10.0 Å². The largest absolute Gasteiger partial charge is 0.349 e. The van der Waals surface area contributed by atoms with Crippen molar-refractivity contribution in [2.24, 2.45) is 0 Å². The second-order valence-electron chi connectivity index (χ2n) is 11.2. The summed E-state index contributed by atoms with van der Waals surface area (Å²) in [4.78, 5) is 13.3. The van der Waals surface area contributed by atoms with Gasteiger partial charge in [-0.25, -0.2) is 8.42 Å². The molecule has 2 atom stereocenters. The minimum atomic E-state index is -3.79. The van der Waals surface area contributed by atoms with E-state index in [-0.39, 0.29) is 39.9 Å². The standard InChI is InChI=1S/C28H37Cl2N3O3S/c1-28(2,3)31-18-19-10-12-23-20(15-19)7-6-9-26(23)32-27(34)16-21-8-4-5-14-33(21)37(35,36)22-11-13-24(29)25(30)17-22/h10-13,15,17,21,26,31H,4-9,14,16,18H2,1-3H3,(H,32,34)/t21-,26+/m0/s1. The molecule has 2 N–H and O–H groups in total. The van der Waals surface area contributed by atoms with Crippen molar-refractivity contribution < 1.29 is 13.2 Å². The summed E-state index contributed by atoms with van der Waals surface area (Å²) < 4.78 is 28.3. The highest BCUT2D eigenvalue weighted by molar-refractivity contribution is 7.89. The third-order valence-corrected chi connectivity index (χ3v) is 9.86. The summed E-state index contributed by atoms with van der Waals surface area (Å²) in [7, 11) is -3.79. The number of benzene rings is 2. The molecule has 0 radical (unpaired) electrons. The van der Waals surface area contributed by atoms with E-state index in [1.165, 1.54) is 39.2 Å². The van der Waals surface area contributed by atoms with Crippen LogP contribution in [0.4, 0.5) is 0 Å². The number of hydrogen-bond donors (Lipinski definition) is 2. The third kappa shape index (κ3) is 7.07. The molecule has 0 unspecified atom stereocenters. The summed E-state index contributed by atoms with van der Waals surface area (Å²) in [5.74, 6) is -0.113. The van der Waals surface area contributed by atoms with Crippen molar-refractivity contribution in [1.29, 1.82) is 0 Å². The van der Waals surface area contributed by atoms with E-state index in [9.17, 15) is 13.2 Å². The summed E-state index contributed by atoms with van der Waals surface area (Å²) in [6.07, 6.45) is 5.34. The van der Waals surface area contributed by atoms with Crippen LogP contribution in [0.5, 0.6) is 0 Å². The molecule has 1 amide bonds. The topological polar surface area (TPSA) is 78.5 Å². The number of aryl methyl sites for hydroxylation is 1. The maximum Gasteiger partial charge on any atom is 0.243 e. The molecule has 9 heteroatoms. The molecular weight excluding hydrogens is 529 g/mol. The van der Waals surface area contributed by atoms with Crippen LogP contribution in [0.25, 0.3) is 0 Å². The van der Waals surface area contributed by atoms with Gasteiger partial charge in [-0.15, -0.1) is 0 Å². The van der Waals surface area contributed by atoms with Crippen molar-refractivity contribution >= 4 is 39.1 Å². The van der Waals surface area contributed by atoms with E-state index in [1.807, 2.05) is 0 Å². The second-order valence-corrected chi connectivity index (χ2v) is 13.9. The van der Waals surface area contributed by atoms with E-state index >= 15 is 0 Å². The van der Waals surface area contributed by atoms with Gasteiger partial charge in [-0.05, 0) is 87.8 Å². The number of sulfonamides is 1. The highest BCUT2D eigenvalue weighted by Crippen LogP contribution is 2.33. The molecular formula is C28H37Cl2N3O3S. The molecule has 1 aliphatic carbocycles. The maximum absolute atomic E-state index is 13.4. The first-order valence-corrected chi connectivity index (χ1v) is 15.3. The van der Waals surface area contributed by atoms with Gasteiger partial charge in [0.2, 0.25) is 15.9 Å². The molecule has 4 rings (SSSR count). The number of hydrogen-bond acceptors (Lipinski definition) is 4. The summed E-state index contributed by atoms with van der Waals surface area (Å²) in [5.41, 5.74) is 3.74. The summed E-state index contributed by atoms with van der Waals surface area (Å²) in [6, 6.07) is 10.4. The molecule has 0 saturated carbocycles. The van der Waals surface area contributed by atoms with Gasteiger partial charge in [0.25, 0.3) is 0 Å². The Morgan fingerprint density at radius 2 is 1.81 bits per heavy atom. The fourth-order valence-electron chi connectivity index (χ4n) is 5.23. The summed E-state index contributed by atoms with van der Waals surface area (Å²) in [5, 5.41) is 7.24. The van der Waals surface area contributed by atoms with Crippen LogP contribution in [0.3, 0.4) is 0 Å². The number of fused-ring (bicyclic) bond motifs is 1. The van der Waals surface area contributed by atoms with E-state index in [2.05, 4.69) is 49.6 Å². The Balaban J connectivity index is 1.44. The van der Waals surface area contributed by atoms with E-state index in [0.717, 1.165) is 38.6 Å². The second kappa shape index (κ2) is 11.6. The lowest BCUT2D eigenvalue weighted by Crippen LogP contribution is -2.46. The van der Waals surface area contributed by atoms with Gasteiger partial charge in [0.05, 0.1) is 21.0 Å². The van der Waals surface area contributed by atoms with Crippen molar-refractivity contribution in [1.82, 2.24) is 14.9 Å². The zero-order valence-electron chi connectivity index (χ0n) is 21.8.